The molecular weight excluding hydrogens is 456 g/mol. The highest BCUT2D eigenvalue weighted by Gasteiger charge is 2.18. The monoisotopic (exact) mass is 472 g/mol. The minimum absolute atomic E-state index is 0.0987. The Hall–Kier alpha value is -3.64. The predicted molar refractivity (Wildman–Crippen MR) is 118 cm³/mol. The van der Waals surface area contributed by atoms with Gasteiger partial charge in [0.2, 0.25) is 0 Å². The molecule has 164 valence electrons. The van der Waals surface area contributed by atoms with Gasteiger partial charge in [0.15, 0.2) is 5.65 Å². The van der Waals surface area contributed by atoms with Crippen molar-refractivity contribution < 1.29 is 17.9 Å². The second kappa shape index (κ2) is 8.48. The van der Waals surface area contributed by atoms with Gasteiger partial charge < -0.3 is 4.52 Å². The van der Waals surface area contributed by atoms with Crippen molar-refractivity contribution in [2.45, 2.75) is 22.5 Å². The second-order valence-corrected chi connectivity index (χ2v) is 9.43. The maximum atomic E-state index is 12.7. The number of para-hydroxylation sites is 1. The molecule has 0 aliphatic carbocycles. The smallest absolute Gasteiger partial charge is 0.287 e. The number of nitro benzene ring substituents is 1. The topological polar surface area (TPSA) is 137 Å². The number of rotatable bonds is 7. The fourth-order valence-electron chi connectivity index (χ4n) is 2.93. The van der Waals surface area contributed by atoms with Gasteiger partial charge in [-0.05, 0) is 31.2 Å². The standard InChI is InChI=1S/C20H16N4O6S2/c1-13-10-19-21-14(11-20(25)23(19)30-13)12-31-18-5-3-2-4-17(18)22-32(28,29)16-8-6-15(7-9-16)24(26)27/h2-11,22H,12H2,1H3. The molecule has 0 atom stereocenters. The van der Waals surface area contributed by atoms with E-state index in [1.807, 2.05) is 0 Å². The van der Waals surface area contributed by atoms with Crippen LogP contribution in [0, 0.1) is 17.0 Å². The van der Waals surface area contributed by atoms with E-state index in [-0.39, 0.29) is 16.1 Å². The van der Waals surface area contributed by atoms with E-state index in [0.717, 1.165) is 16.7 Å². The first-order valence-corrected chi connectivity index (χ1v) is 11.7. The van der Waals surface area contributed by atoms with Gasteiger partial charge in [-0.25, -0.2) is 13.4 Å². The first-order valence-electron chi connectivity index (χ1n) is 9.22. The van der Waals surface area contributed by atoms with Gasteiger partial charge in [0, 0.05) is 34.9 Å². The highest BCUT2D eigenvalue weighted by molar-refractivity contribution is 7.98. The van der Waals surface area contributed by atoms with Gasteiger partial charge in [0.1, 0.15) is 5.76 Å². The molecule has 0 radical (unpaired) electrons. The van der Waals surface area contributed by atoms with E-state index in [4.69, 9.17) is 4.52 Å². The molecule has 4 rings (SSSR count). The molecule has 0 bridgehead atoms. The molecule has 2 aromatic carbocycles. The zero-order chi connectivity index (χ0) is 22.9. The van der Waals surface area contributed by atoms with Crippen molar-refractivity contribution in [3.05, 3.63) is 92.6 Å². The zero-order valence-electron chi connectivity index (χ0n) is 16.6. The van der Waals surface area contributed by atoms with Gasteiger partial charge in [-0.3, -0.25) is 19.6 Å². The van der Waals surface area contributed by atoms with E-state index in [0.29, 0.717) is 33.4 Å². The lowest BCUT2D eigenvalue weighted by molar-refractivity contribution is -0.384. The first-order chi connectivity index (χ1) is 15.2. The summed E-state index contributed by atoms with van der Waals surface area (Å²) in [6.45, 7) is 1.72. The van der Waals surface area contributed by atoms with Crippen LogP contribution in [0.3, 0.4) is 0 Å². The molecule has 2 aromatic heterocycles. The average molecular weight is 473 g/mol. The van der Waals surface area contributed by atoms with Gasteiger partial charge in [0.25, 0.3) is 21.3 Å². The predicted octanol–water partition coefficient (Wildman–Crippen LogP) is 3.60. The van der Waals surface area contributed by atoms with Gasteiger partial charge in [-0.2, -0.15) is 0 Å². The minimum Gasteiger partial charge on any atom is -0.375 e. The third-order valence-corrected chi connectivity index (χ3v) is 6.88. The van der Waals surface area contributed by atoms with Gasteiger partial charge in [-0.1, -0.05) is 12.1 Å². The van der Waals surface area contributed by atoms with Crippen molar-refractivity contribution in [1.82, 2.24) is 9.56 Å². The number of nitro groups is 1. The molecule has 10 nitrogen and oxygen atoms in total. The summed E-state index contributed by atoms with van der Waals surface area (Å²) in [5.41, 5.74) is 0.721. The third kappa shape index (κ3) is 4.50. The summed E-state index contributed by atoms with van der Waals surface area (Å²) in [4.78, 5) is 27.3. The molecular formula is C20H16N4O6S2. The number of nitrogens with one attached hydrogen (secondary N) is 1. The van der Waals surface area contributed by atoms with E-state index in [1.54, 1.807) is 37.3 Å². The number of aromatic nitrogens is 2. The lowest BCUT2D eigenvalue weighted by Crippen LogP contribution is -2.14. The van der Waals surface area contributed by atoms with Crippen molar-refractivity contribution in [2.75, 3.05) is 4.72 Å². The Morgan fingerprint density at radius 2 is 1.88 bits per heavy atom. The molecule has 0 saturated carbocycles. The Morgan fingerprint density at radius 3 is 2.59 bits per heavy atom. The lowest BCUT2D eigenvalue weighted by Gasteiger charge is -2.12. The van der Waals surface area contributed by atoms with Crippen LogP contribution in [0.25, 0.3) is 5.65 Å². The van der Waals surface area contributed by atoms with Crippen LogP contribution in [0.1, 0.15) is 11.5 Å². The Labute approximate surface area is 186 Å². The third-order valence-electron chi connectivity index (χ3n) is 4.39. The molecule has 0 spiro atoms. The van der Waals surface area contributed by atoms with Crippen molar-refractivity contribution in [2.24, 2.45) is 0 Å². The van der Waals surface area contributed by atoms with Crippen molar-refractivity contribution in [3.8, 4) is 0 Å². The molecule has 0 fully saturated rings. The number of non-ortho nitro benzene ring substituents is 1. The van der Waals surface area contributed by atoms with Crippen LogP contribution in [-0.2, 0) is 15.8 Å². The van der Waals surface area contributed by atoms with Crippen molar-refractivity contribution >= 4 is 38.8 Å². The molecule has 0 aliphatic rings. The summed E-state index contributed by atoms with van der Waals surface area (Å²) in [5, 5.41) is 10.8. The highest BCUT2D eigenvalue weighted by atomic mass is 32.2. The quantitative estimate of drug-likeness (QED) is 0.245. The second-order valence-electron chi connectivity index (χ2n) is 6.73. The fourth-order valence-corrected chi connectivity index (χ4v) is 4.97. The Bertz CT molecular complexity index is 1480. The van der Waals surface area contributed by atoms with Crippen LogP contribution in [0.4, 0.5) is 11.4 Å². The maximum Gasteiger partial charge on any atom is 0.287 e. The van der Waals surface area contributed by atoms with Crippen LogP contribution in [0.15, 0.2) is 79.8 Å². The number of aryl methyl sites for hydroxylation is 1. The Kier molecular flexibility index (Phi) is 5.72. The highest BCUT2D eigenvalue weighted by Crippen LogP contribution is 2.31. The van der Waals surface area contributed by atoms with Gasteiger partial charge in [0.05, 0.1) is 21.2 Å². The number of nitrogens with zero attached hydrogens (tertiary/aromatic N) is 3. The van der Waals surface area contributed by atoms with E-state index in [9.17, 15) is 23.3 Å². The van der Waals surface area contributed by atoms with E-state index >= 15 is 0 Å². The summed E-state index contributed by atoms with van der Waals surface area (Å²) in [7, 11) is -3.96. The average Bonchev–Trinajstić information content (AvgIpc) is 3.14. The number of fused-ring (bicyclic) bond motifs is 1. The summed E-state index contributed by atoms with van der Waals surface area (Å²) in [6, 6.07) is 14.4. The Balaban J connectivity index is 1.55. The number of hydrogen-bond acceptors (Lipinski definition) is 8. The van der Waals surface area contributed by atoms with Crippen LogP contribution in [-0.4, -0.2) is 22.9 Å². The van der Waals surface area contributed by atoms with E-state index in [2.05, 4.69) is 9.71 Å². The van der Waals surface area contributed by atoms with Gasteiger partial charge in [-0.15, -0.1) is 16.3 Å². The molecule has 2 heterocycles. The molecule has 0 unspecified atom stereocenters. The van der Waals surface area contributed by atoms with Crippen molar-refractivity contribution in [3.63, 3.8) is 0 Å². The molecule has 4 aromatic rings. The SMILES string of the molecule is Cc1cc2nc(CSc3ccccc3NS(=O)(=O)c3ccc([N+](=O)[O-])cc3)cc(=O)n2o1. The Morgan fingerprint density at radius 1 is 1.16 bits per heavy atom. The van der Waals surface area contributed by atoms with Crippen LogP contribution >= 0.6 is 11.8 Å². The lowest BCUT2D eigenvalue weighted by atomic mass is 10.3. The number of hydrogen-bond donors (Lipinski definition) is 1. The fraction of sp³-hybridized carbons (Fsp3) is 0.100. The number of thioether (sulfide) groups is 1. The number of anilines is 1. The minimum atomic E-state index is -3.96. The molecule has 0 saturated heterocycles. The molecule has 0 aliphatic heterocycles. The largest absolute Gasteiger partial charge is 0.375 e. The number of sulfonamides is 1. The van der Waals surface area contributed by atoms with Gasteiger partial charge >= 0.3 is 0 Å². The summed E-state index contributed by atoms with van der Waals surface area (Å²) in [6.07, 6.45) is 0. The zero-order valence-corrected chi connectivity index (χ0v) is 18.2. The summed E-state index contributed by atoms with van der Waals surface area (Å²) >= 11 is 1.31. The molecule has 12 heteroatoms. The normalized spacial score (nSPS) is 11.5. The first kappa shape index (κ1) is 21.6. The number of benzene rings is 2. The molecule has 32 heavy (non-hydrogen) atoms. The van der Waals surface area contributed by atoms with E-state index < -0.39 is 14.9 Å². The summed E-state index contributed by atoms with van der Waals surface area (Å²) < 4.78 is 34.4. The molecule has 1 N–H and O–H groups in total. The van der Waals surface area contributed by atoms with Crippen molar-refractivity contribution in [1.29, 1.82) is 0 Å². The van der Waals surface area contributed by atoms with Crippen LogP contribution < -0.4 is 10.3 Å². The van der Waals surface area contributed by atoms with Crippen LogP contribution in [0.2, 0.25) is 0 Å². The molecule has 0 amide bonds. The summed E-state index contributed by atoms with van der Waals surface area (Å²) in [5.74, 6) is 0.886. The maximum absolute atomic E-state index is 12.7. The van der Waals surface area contributed by atoms with E-state index in [1.165, 1.54) is 30.0 Å². The van der Waals surface area contributed by atoms with Crippen LogP contribution in [0.5, 0.6) is 0 Å².